The predicted molar refractivity (Wildman–Crippen MR) is 64.4 cm³/mol. The lowest BCUT2D eigenvalue weighted by Gasteiger charge is -2.35. The average molecular weight is 268 g/mol. The van der Waals surface area contributed by atoms with Gasteiger partial charge in [-0.1, -0.05) is 13.3 Å². The van der Waals surface area contributed by atoms with Gasteiger partial charge in [0, 0.05) is 19.1 Å². The zero-order valence-electron chi connectivity index (χ0n) is 10.9. The van der Waals surface area contributed by atoms with Crippen LogP contribution in [0.15, 0.2) is 0 Å². The number of rotatable bonds is 7. The van der Waals surface area contributed by atoms with Crippen molar-refractivity contribution in [1.29, 1.82) is 0 Å². The summed E-state index contributed by atoms with van der Waals surface area (Å²) in [4.78, 5) is 2.11. The van der Waals surface area contributed by atoms with Crippen LogP contribution in [0.1, 0.15) is 32.6 Å². The summed E-state index contributed by atoms with van der Waals surface area (Å²) in [7, 11) is 0. The molecule has 1 aliphatic rings. The molecule has 1 saturated heterocycles. The maximum Gasteiger partial charge on any atom is 0.522 e. The lowest BCUT2D eigenvalue weighted by atomic mass is 10.0. The number of likely N-dealkylation sites (tertiary alicyclic amines) is 1. The quantitative estimate of drug-likeness (QED) is 0.717. The van der Waals surface area contributed by atoms with E-state index in [0.29, 0.717) is 12.6 Å². The van der Waals surface area contributed by atoms with E-state index in [1.807, 2.05) is 0 Å². The first-order valence-corrected chi connectivity index (χ1v) is 6.68. The fourth-order valence-electron chi connectivity index (χ4n) is 2.31. The van der Waals surface area contributed by atoms with E-state index in [4.69, 9.17) is 0 Å². The van der Waals surface area contributed by atoms with Gasteiger partial charge in [-0.25, -0.2) is 0 Å². The van der Waals surface area contributed by atoms with Crippen molar-refractivity contribution in [2.45, 2.75) is 45.0 Å². The molecule has 0 spiro atoms. The van der Waals surface area contributed by atoms with Crippen LogP contribution < -0.4 is 5.32 Å². The maximum absolute atomic E-state index is 11.9. The molecular formula is C12H23F3N2O. The van der Waals surface area contributed by atoms with E-state index in [2.05, 4.69) is 21.9 Å². The van der Waals surface area contributed by atoms with Crippen LogP contribution in [-0.2, 0) is 4.74 Å². The summed E-state index contributed by atoms with van der Waals surface area (Å²) in [6.07, 6.45) is -0.149. The van der Waals surface area contributed by atoms with Crippen molar-refractivity contribution in [3.63, 3.8) is 0 Å². The molecule has 1 heterocycles. The Morgan fingerprint density at radius 3 is 2.78 bits per heavy atom. The van der Waals surface area contributed by atoms with Crippen molar-refractivity contribution in [3.05, 3.63) is 0 Å². The average Bonchev–Trinajstić information content (AvgIpc) is 2.30. The van der Waals surface area contributed by atoms with E-state index in [0.717, 1.165) is 45.3 Å². The molecule has 3 nitrogen and oxygen atoms in total. The highest BCUT2D eigenvalue weighted by molar-refractivity contribution is 4.78. The van der Waals surface area contributed by atoms with Crippen LogP contribution in [0.3, 0.4) is 0 Å². The number of alkyl halides is 3. The molecule has 1 N–H and O–H groups in total. The monoisotopic (exact) mass is 268 g/mol. The molecule has 1 unspecified atom stereocenters. The van der Waals surface area contributed by atoms with Crippen LogP contribution in [-0.4, -0.2) is 50.1 Å². The van der Waals surface area contributed by atoms with Crippen LogP contribution in [0.25, 0.3) is 0 Å². The largest absolute Gasteiger partial charge is 0.522 e. The van der Waals surface area contributed by atoms with Crippen molar-refractivity contribution in [2.75, 3.05) is 32.8 Å². The normalized spacial score (nSPS) is 22.3. The Hall–Kier alpha value is -0.330. The number of nitrogens with zero attached hydrogens (tertiary/aromatic N) is 1. The first kappa shape index (κ1) is 15.7. The van der Waals surface area contributed by atoms with Gasteiger partial charge in [-0.15, -0.1) is 13.2 Å². The highest BCUT2D eigenvalue weighted by Crippen LogP contribution is 2.18. The standard InChI is InChI=1S/C12H23F3N2O/c1-2-6-16-10-11-5-3-4-7-17(11)8-9-18-12(13,14)15/h11,16H,2-10H2,1H3. The van der Waals surface area contributed by atoms with Crippen molar-refractivity contribution in [2.24, 2.45) is 0 Å². The van der Waals surface area contributed by atoms with Gasteiger partial charge in [-0.2, -0.15) is 0 Å². The third-order valence-corrected chi connectivity index (χ3v) is 3.20. The maximum atomic E-state index is 11.9. The zero-order chi connectivity index (χ0) is 13.4. The molecule has 1 rings (SSSR count). The van der Waals surface area contributed by atoms with Gasteiger partial charge in [0.05, 0.1) is 6.61 Å². The topological polar surface area (TPSA) is 24.5 Å². The highest BCUT2D eigenvalue weighted by Gasteiger charge is 2.30. The van der Waals surface area contributed by atoms with E-state index in [1.165, 1.54) is 0 Å². The molecule has 0 amide bonds. The van der Waals surface area contributed by atoms with E-state index in [9.17, 15) is 13.2 Å². The second-order valence-electron chi connectivity index (χ2n) is 4.68. The minimum atomic E-state index is -4.51. The Morgan fingerprint density at radius 1 is 1.33 bits per heavy atom. The van der Waals surface area contributed by atoms with Gasteiger partial charge in [0.1, 0.15) is 0 Å². The second kappa shape index (κ2) is 7.96. The van der Waals surface area contributed by atoms with Gasteiger partial charge in [0.25, 0.3) is 0 Å². The number of hydrogen-bond acceptors (Lipinski definition) is 3. The first-order chi connectivity index (χ1) is 8.53. The Bertz CT molecular complexity index is 224. The molecule has 0 aromatic heterocycles. The zero-order valence-corrected chi connectivity index (χ0v) is 10.9. The van der Waals surface area contributed by atoms with Crippen LogP contribution in [0, 0.1) is 0 Å². The lowest BCUT2D eigenvalue weighted by molar-refractivity contribution is -0.325. The third-order valence-electron chi connectivity index (χ3n) is 3.20. The Morgan fingerprint density at radius 2 is 2.11 bits per heavy atom. The SMILES string of the molecule is CCCNCC1CCCCN1CCOC(F)(F)F. The molecule has 0 aromatic rings. The fourth-order valence-corrected chi connectivity index (χ4v) is 2.31. The molecule has 0 saturated carbocycles. The van der Waals surface area contributed by atoms with Gasteiger partial charge < -0.3 is 5.32 Å². The summed E-state index contributed by atoms with van der Waals surface area (Å²) in [6.45, 7) is 4.89. The van der Waals surface area contributed by atoms with E-state index in [1.54, 1.807) is 0 Å². The summed E-state index contributed by atoms with van der Waals surface area (Å²) in [5, 5.41) is 3.34. The Labute approximate surface area is 107 Å². The fraction of sp³-hybridized carbons (Fsp3) is 1.00. The van der Waals surface area contributed by atoms with E-state index in [-0.39, 0.29) is 6.61 Å². The van der Waals surface area contributed by atoms with Gasteiger partial charge in [-0.05, 0) is 32.4 Å². The summed E-state index contributed by atoms with van der Waals surface area (Å²) in [5.41, 5.74) is 0. The molecule has 1 fully saturated rings. The first-order valence-electron chi connectivity index (χ1n) is 6.68. The van der Waals surface area contributed by atoms with Crippen LogP contribution in [0.4, 0.5) is 13.2 Å². The van der Waals surface area contributed by atoms with Gasteiger partial charge in [0.2, 0.25) is 0 Å². The molecule has 6 heteroatoms. The molecule has 18 heavy (non-hydrogen) atoms. The molecular weight excluding hydrogens is 245 g/mol. The number of halogens is 3. The van der Waals surface area contributed by atoms with Crippen LogP contribution in [0.2, 0.25) is 0 Å². The Kier molecular flexibility index (Phi) is 6.96. The summed E-state index contributed by atoms with van der Waals surface area (Å²) in [6, 6.07) is 0.349. The second-order valence-corrected chi connectivity index (χ2v) is 4.68. The number of ether oxygens (including phenoxy) is 1. The minimum Gasteiger partial charge on any atom is -0.315 e. The molecule has 1 aliphatic heterocycles. The van der Waals surface area contributed by atoms with E-state index < -0.39 is 6.36 Å². The van der Waals surface area contributed by atoms with Gasteiger partial charge in [-0.3, -0.25) is 9.64 Å². The smallest absolute Gasteiger partial charge is 0.315 e. The number of hydrogen-bond donors (Lipinski definition) is 1. The van der Waals surface area contributed by atoms with Crippen LogP contribution >= 0.6 is 0 Å². The lowest BCUT2D eigenvalue weighted by Crippen LogP contribution is -2.47. The van der Waals surface area contributed by atoms with Crippen molar-refractivity contribution in [3.8, 4) is 0 Å². The number of nitrogens with one attached hydrogen (secondary N) is 1. The molecule has 1 atom stereocenters. The molecule has 0 bridgehead atoms. The predicted octanol–water partition coefficient (Wildman–Crippen LogP) is 2.38. The van der Waals surface area contributed by atoms with E-state index >= 15 is 0 Å². The van der Waals surface area contributed by atoms with Gasteiger partial charge in [0.15, 0.2) is 0 Å². The Balaban J connectivity index is 2.26. The van der Waals surface area contributed by atoms with Gasteiger partial charge >= 0.3 is 6.36 Å². The van der Waals surface area contributed by atoms with Crippen molar-refractivity contribution < 1.29 is 17.9 Å². The van der Waals surface area contributed by atoms with Crippen molar-refractivity contribution in [1.82, 2.24) is 10.2 Å². The molecule has 0 aromatic carbocycles. The molecule has 0 aliphatic carbocycles. The number of piperidine rings is 1. The van der Waals surface area contributed by atoms with Crippen LogP contribution in [0.5, 0.6) is 0 Å². The summed E-state index contributed by atoms with van der Waals surface area (Å²) < 4.78 is 39.6. The molecule has 0 radical (unpaired) electrons. The highest BCUT2D eigenvalue weighted by atomic mass is 19.4. The molecule has 108 valence electrons. The summed E-state index contributed by atoms with van der Waals surface area (Å²) in [5.74, 6) is 0. The minimum absolute atomic E-state index is 0.270. The summed E-state index contributed by atoms with van der Waals surface area (Å²) >= 11 is 0. The van der Waals surface area contributed by atoms with Crippen molar-refractivity contribution >= 4 is 0 Å². The third kappa shape index (κ3) is 6.56.